The summed E-state index contributed by atoms with van der Waals surface area (Å²) in [6, 6.07) is 11.6. The molecule has 0 spiro atoms. The van der Waals surface area contributed by atoms with Gasteiger partial charge in [-0.25, -0.2) is 17.2 Å². The first-order valence-corrected chi connectivity index (χ1v) is 8.95. The Bertz CT molecular complexity index is 1000. The Morgan fingerprint density at radius 2 is 1.54 bits per heavy atom. The van der Waals surface area contributed by atoms with Gasteiger partial charge >= 0.3 is 0 Å². The number of nitrogens with zero attached hydrogens (tertiary/aromatic N) is 1. The summed E-state index contributed by atoms with van der Waals surface area (Å²) in [5, 5.41) is 0. The van der Waals surface area contributed by atoms with Crippen molar-refractivity contribution in [3.05, 3.63) is 72.6 Å². The van der Waals surface area contributed by atoms with Crippen LogP contribution in [0.3, 0.4) is 0 Å². The van der Waals surface area contributed by atoms with Gasteiger partial charge in [0.1, 0.15) is 16.5 Å². The molecule has 3 nitrogen and oxygen atoms in total. The van der Waals surface area contributed by atoms with Gasteiger partial charge in [0.25, 0.3) is 0 Å². The van der Waals surface area contributed by atoms with Crippen molar-refractivity contribution in [2.24, 2.45) is 0 Å². The lowest BCUT2D eigenvalue weighted by molar-refractivity contribution is 0.571. The van der Waals surface area contributed by atoms with E-state index in [2.05, 4.69) is 4.98 Å². The van der Waals surface area contributed by atoms with E-state index in [0.29, 0.717) is 11.1 Å². The molecule has 0 unspecified atom stereocenters. The van der Waals surface area contributed by atoms with Gasteiger partial charge in [-0.1, -0.05) is 18.2 Å². The highest BCUT2D eigenvalue weighted by Gasteiger charge is 2.16. The molecule has 0 atom stereocenters. The maximum Gasteiger partial charge on any atom is 0.178 e. The Morgan fingerprint density at radius 3 is 2.17 bits per heavy atom. The fourth-order valence-electron chi connectivity index (χ4n) is 2.47. The minimum absolute atomic E-state index is 0.349. The summed E-state index contributed by atoms with van der Waals surface area (Å²) in [6.07, 6.45) is 4.11. The van der Waals surface area contributed by atoms with Crippen LogP contribution in [0.5, 0.6) is 0 Å². The molecular formula is C18H13F2NO2S. The van der Waals surface area contributed by atoms with Crippen LogP contribution >= 0.6 is 0 Å². The van der Waals surface area contributed by atoms with Crippen molar-refractivity contribution < 1.29 is 17.2 Å². The van der Waals surface area contributed by atoms with E-state index in [1.54, 1.807) is 30.6 Å². The van der Waals surface area contributed by atoms with Crippen molar-refractivity contribution in [3.63, 3.8) is 0 Å². The van der Waals surface area contributed by atoms with Gasteiger partial charge in [0, 0.05) is 24.2 Å². The average Bonchev–Trinajstić information content (AvgIpc) is 2.54. The highest BCUT2D eigenvalue weighted by Crippen LogP contribution is 2.32. The van der Waals surface area contributed by atoms with Gasteiger partial charge in [0.15, 0.2) is 9.84 Å². The molecule has 0 amide bonds. The van der Waals surface area contributed by atoms with Crippen LogP contribution in [-0.4, -0.2) is 19.7 Å². The van der Waals surface area contributed by atoms with Crippen molar-refractivity contribution in [1.82, 2.24) is 4.98 Å². The van der Waals surface area contributed by atoms with Gasteiger partial charge in [-0.15, -0.1) is 0 Å². The second-order valence-corrected chi connectivity index (χ2v) is 7.33. The highest BCUT2D eigenvalue weighted by atomic mass is 32.2. The summed E-state index contributed by atoms with van der Waals surface area (Å²) in [5.74, 6) is -1.16. The zero-order valence-corrected chi connectivity index (χ0v) is 13.5. The SMILES string of the molecule is CS(=O)(=O)c1ccc(-c2cnccc2-c2ccc(F)cc2)cc1F. The normalized spacial score (nSPS) is 11.5. The van der Waals surface area contributed by atoms with Crippen LogP contribution in [0.25, 0.3) is 22.3 Å². The smallest absolute Gasteiger partial charge is 0.178 e. The van der Waals surface area contributed by atoms with Crippen LogP contribution in [-0.2, 0) is 9.84 Å². The highest BCUT2D eigenvalue weighted by molar-refractivity contribution is 7.90. The van der Waals surface area contributed by atoms with E-state index in [4.69, 9.17) is 0 Å². The number of hydrogen-bond donors (Lipinski definition) is 0. The van der Waals surface area contributed by atoms with Crippen LogP contribution in [0.2, 0.25) is 0 Å². The predicted molar refractivity (Wildman–Crippen MR) is 88.1 cm³/mol. The van der Waals surface area contributed by atoms with Crippen molar-refractivity contribution in [1.29, 1.82) is 0 Å². The molecule has 1 heterocycles. The number of rotatable bonds is 3. The molecule has 0 bridgehead atoms. The maximum atomic E-state index is 14.2. The first-order valence-electron chi connectivity index (χ1n) is 7.06. The summed E-state index contributed by atoms with van der Waals surface area (Å²) in [7, 11) is -3.63. The van der Waals surface area contributed by atoms with Gasteiger partial charge in [-0.2, -0.15) is 0 Å². The molecule has 1 aromatic heterocycles. The Balaban J connectivity index is 2.14. The third kappa shape index (κ3) is 3.19. The third-order valence-corrected chi connectivity index (χ3v) is 4.75. The molecule has 24 heavy (non-hydrogen) atoms. The van der Waals surface area contributed by atoms with E-state index in [-0.39, 0.29) is 10.7 Å². The lowest BCUT2D eigenvalue weighted by Crippen LogP contribution is -2.01. The topological polar surface area (TPSA) is 47.0 Å². The number of halogens is 2. The number of pyridine rings is 1. The van der Waals surface area contributed by atoms with Crippen LogP contribution in [0.1, 0.15) is 0 Å². The number of aromatic nitrogens is 1. The molecule has 2 aromatic carbocycles. The van der Waals surface area contributed by atoms with E-state index in [0.717, 1.165) is 17.4 Å². The zero-order chi connectivity index (χ0) is 17.3. The molecular weight excluding hydrogens is 332 g/mol. The van der Waals surface area contributed by atoms with E-state index >= 15 is 0 Å². The Hall–Kier alpha value is -2.60. The Kier molecular flexibility index (Phi) is 4.15. The Morgan fingerprint density at radius 1 is 0.875 bits per heavy atom. The first-order chi connectivity index (χ1) is 11.4. The molecule has 0 aliphatic heterocycles. The third-order valence-electron chi connectivity index (χ3n) is 3.62. The van der Waals surface area contributed by atoms with Crippen molar-refractivity contribution in [3.8, 4) is 22.3 Å². The molecule has 0 saturated heterocycles. The lowest BCUT2D eigenvalue weighted by atomic mass is 9.96. The molecule has 3 aromatic rings. The van der Waals surface area contributed by atoms with Gasteiger partial charge in [0.05, 0.1) is 0 Å². The standard InChI is InChI=1S/C18H13F2NO2S/c1-24(22,23)18-7-4-13(10-17(18)20)16-11-21-9-8-15(16)12-2-5-14(19)6-3-12/h2-11H,1H3. The summed E-state index contributed by atoms with van der Waals surface area (Å²) in [5.41, 5.74) is 2.62. The summed E-state index contributed by atoms with van der Waals surface area (Å²) >= 11 is 0. The monoisotopic (exact) mass is 345 g/mol. The van der Waals surface area contributed by atoms with E-state index in [1.807, 2.05) is 0 Å². The van der Waals surface area contributed by atoms with Crippen LogP contribution in [0.4, 0.5) is 8.78 Å². The summed E-state index contributed by atoms with van der Waals surface area (Å²) in [4.78, 5) is 3.70. The summed E-state index contributed by atoms with van der Waals surface area (Å²) in [6.45, 7) is 0. The maximum absolute atomic E-state index is 14.2. The molecule has 6 heteroatoms. The van der Waals surface area contributed by atoms with Gasteiger partial charge < -0.3 is 0 Å². The van der Waals surface area contributed by atoms with Gasteiger partial charge in [0.2, 0.25) is 0 Å². The van der Waals surface area contributed by atoms with E-state index < -0.39 is 15.7 Å². The lowest BCUT2D eigenvalue weighted by Gasteiger charge is -2.11. The fourth-order valence-corrected chi connectivity index (χ4v) is 3.20. The average molecular weight is 345 g/mol. The second kappa shape index (κ2) is 6.13. The number of sulfone groups is 1. The van der Waals surface area contributed by atoms with Crippen molar-refractivity contribution >= 4 is 9.84 Å². The minimum atomic E-state index is -3.63. The molecule has 0 aliphatic carbocycles. The predicted octanol–water partition coefficient (Wildman–Crippen LogP) is 4.10. The molecule has 0 aliphatic rings. The molecule has 0 fully saturated rings. The first kappa shape index (κ1) is 16.3. The van der Waals surface area contributed by atoms with E-state index in [9.17, 15) is 17.2 Å². The Labute approximate surface area is 138 Å². The minimum Gasteiger partial charge on any atom is -0.264 e. The molecule has 0 saturated carbocycles. The number of hydrogen-bond acceptors (Lipinski definition) is 3. The van der Waals surface area contributed by atoms with Crippen molar-refractivity contribution in [2.75, 3.05) is 6.26 Å². The number of benzene rings is 2. The van der Waals surface area contributed by atoms with Gasteiger partial charge in [-0.05, 0) is 47.0 Å². The van der Waals surface area contributed by atoms with Crippen LogP contribution in [0, 0.1) is 11.6 Å². The van der Waals surface area contributed by atoms with Crippen LogP contribution < -0.4 is 0 Å². The summed E-state index contributed by atoms with van der Waals surface area (Å²) < 4.78 is 50.4. The van der Waals surface area contributed by atoms with Gasteiger partial charge in [-0.3, -0.25) is 4.98 Å². The van der Waals surface area contributed by atoms with Crippen LogP contribution in [0.15, 0.2) is 65.8 Å². The molecule has 3 rings (SSSR count). The molecule has 0 radical (unpaired) electrons. The molecule has 0 N–H and O–H groups in total. The van der Waals surface area contributed by atoms with E-state index in [1.165, 1.54) is 30.3 Å². The second-order valence-electron chi connectivity index (χ2n) is 5.35. The quantitative estimate of drug-likeness (QED) is 0.718. The molecule has 122 valence electrons. The largest absolute Gasteiger partial charge is 0.264 e. The fraction of sp³-hybridized carbons (Fsp3) is 0.0556. The van der Waals surface area contributed by atoms with Crippen molar-refractivity contribution in [2.45, 2.75) is 4.90 Å². The zero-order valence-electron chi connectivity index (χ0n) is 12.7.